The molecule has 6 heteroatoms. The molecular formula is C13H14FNO3S. The fourth-order valence-electron chi connectivity index (χ4n) is 1.21. The Morgan fingerprint density at radius 3 is 2.05 bits per heavy atom. The van der Waals surface area contributed by atoms with Crippen LogP contribution in [0.2, 0.25) is 0 Å². The number of aryl methyl sites for hydroxylation is 2. The van der Waals surface area contributed by atoms with Crippen molar-refractivity contribution in [2.45, 2.75) is 11.8 Å². The van der Waals surface area contributed by atoms with Crippen LogP contribution in [0.1, 0.15) is 5.56 Å². The van der Waals surface area contributed by atoms with Crippen molar-refractivity contribution in [1.29, 1.82) is 0 Å². The van der Waals surface area contributed by atoms with E-state index in [2.05, 4.69) is 0 Å². The predicted octanol–water partition coefficient (Wildman–Crippen LogP) is 1.55. The van der Waals surface area contributed by atoms with Crippen molar-refractivity contribution < 1.29 is 21.9 Å². The van der Waals surface area contributed by atoms with Gasteiger partial charge in [-0.2, -0.15) is 4.57 Å². The summed E-state index contributed by atoms with van der Waals surface area (Å²) in [5.41, 5.74) is 0.928. The van der Waals surface area contributed by atoms with E-state index < -0.39 is 10.1 Å². The van der Waals surface area contributed by atoms with Crippen LogP contribution in [0.3, 0.4) is 0 Å². The molecule has 0 fully saturated rings. The average molecular weight is 283 g/mol. The zero-order chi connectivity index (χ0) is 14.5. The number of aromatic nitrogens is 1. The molecule has 0 atom stereocenters. The lowest BCUT2D eigenvalue weighted by molar-refractivity contribution is -0.700. The quantitative estimate of drug-likeness (QED) is 0.453. The Balaban J connectivity index is 0.000000200. The SMILES string of the molecule is C[n+]1ccccc1F.Cc1ccc(S(=O)(=O)[O-])cc1. The van der Waals surface area contributed by atoms with E-state index in [9.17, 15) is 17.4 Å². The molecule has 2 rings (SSSR count). The van der Waals surface area contributed by atoms with Gasteiger partial charge < -0.3 is 4.55 Å². The van der Waals surface area contributed by atoms with Crippen LogP contribution < -0.4 is 4.57 Å². The number of halogens is 1. The molecule has 0 spiro atoms. The van der Waals surface area contributed by atoms with Gasteiger partial charge in [0.1, 0.15) is 17.2 Å². The highest BCUT2D eigenvalue weighted by Gasteiger charge is 1.98. The molecule has 0 saturated heterocycles. The second-order valence-corrected chi connectivity index (χ2v) is 5.28. The van der Waals surface area contributed by atoms with Crippen molar-refractivity contribution in [1.82, 2.24) is 0 Å². The largest absolute Gasteiger partial charge is 0.744 e. The van der Waals surface area contributed by atoms with Crippen LogP contribution in [-0.2, 0) is 17.2 Å². The molecule has 0 amide bonds. The minimum Gasteiger partial charge on any atom is -0.744 e. The zero-order valence-corrected chi connectivity index (χ0v) is 11.4. The molecule has 0 aliphatic rings. The first-order chi connectivity index (χ1) is 8.80. The summed E-state index contributed by atoms with van der Waals surface area (Å²) in [6.07, 6.45) is 1.66. The molecule has 4 nitrogen and oxygen atoms in total. The number of nitrogens with zero attached hydrogens (tertiary/aromatic N) is 1. The van der Waals surface area contributed by atoms with Gasteiger partial charge in [0.15, 0.2) is 6.20 Å². The van der Waals surface area contributed by atoms with E-state index in [-0.39, 0.29) is 10.8 Å². The molecule has 0 unspecified atom stereocenters. The van der Waals surface area contributed by atoms with E-state index in [4.69, 9.17) is 0 Å². The topological polar surface area (TPSA) is 61.1 Å². The third kappa shape index (κ3) is 5.15. The summed E-state index contributed by atoms with van der Waals surface area (Å²) in [6, 6.07) is 10.6. The Labute approximate surface area is 111 Å². The molecule has 1 aromatic heterocycles. The average Bonchev–Trinajstić information content (AvgIpc) is 2.33. The smallest absolute Gasteiger partial charge is 0.359 e. The maximum Gasteiger partial charge on any atom is 0.359 e. The summed E-state index contributed by atoms with van der Waals surface area (Å²) >= 11 is 0. The van der Waals surface area contributed by atoms with Gasteiger partial charge in [-0.3, -0.25) is 0 Å². The standard InChI is InChI=1S/C7H8O3S.C6H7FN/c1-6-2-4-7(5-3-6)11(8,9)10;1-8-5-3-2-4-6(8)7/h2-5H,1H3,(H,8,9,10);2-5H,1H3/q;+1/p-1. The summed E-state index contributed by atoms with van der Waals surface area (Å²) in [6.45, 7) is 1.82. The van der Waals surface area contributed by atoms with E-state index in [1.807, 2.05) is 6.92 Å². The fourth-order valence-corrected chi connectivity index (χ4v) is 1.68. The molecule has 0 saturated carbocycles. The third-order valence-corrected chi connectivity index (χ3v) is 3.15. The summed E-state index contributed by atoms with van der Waals surface area (Å²) in [4.78, 5) is -0.178. The number of hydrogen-bond acceptors (Lipinski definition) is 3. The number of benzene rings is 1. The molecule has 102 valence electrons. The Morgan fingerprint density at radius 1 is 1.11 bits per heavy atom. The highest BCUT2D eigenvalue weighted by molar-refractivity contribution is 7.85. The second kappa shape index (κ2) is 6.40. The number of pyridine rings is 1. The zero-order valence-electron chi connectivity index (χ0n) is 10.6. The van der Waals surface area contributed by atoms with Crippen LogP contribution in [-0.4, -0.2) is 13.0 Å². The van der Waals surface area contributed by atoms with E-state index in [1.54, 1.807) is 37.5 Å². The van der Waals surface area contributed by atoms with Crippen molar-refractivity contribution >= 4 is 10.1 Å². The lowest BCUT2D eigenvalue weighted by Crippen LogP contribution is -2.31. The Bertz CT molecular complexity index is 618. The fraction of sp³-hybridized carbons (Fsp3) is 0.154. The van der Waals surface area contributed by atoms with Gasteiger partial charge in [-0.1, -0.05) is 17.7 Å². The van der Waals surface area contributed by atoms with Crippen LogP contribution in [0.5, 0.6) is 0 Å². The van der Waals surface area contributed by atoms with Crippen LogP contribution in [0.15, 0.2) is 53.6 Å². The molecule has 1 aromatic carbocycles. The van der Waals surface area contributed by atoms with Gasteiger partial charge in [0.2, 0.25) is 0 Å². The molecule has 0 radical (unpaired) electrons. The molecule has 0 aliphatic heterocycles. The first-order valence-electron chi connectivity index (χ1n) is 5.43. The summed E-state index contributed by atoms with van der Waals surface area (Å²) in [5, 5.41) is 0. The molecule has 0 N–H and O–H groups in total. The summed E-state index contributed by atoms with van der Waals surface area (Å²) in [7, 11) is -2.61. The molecular weight excluding hydrogens is 269 g/mol. The molecule has 0 bridgehead atoms. The maximum atomic E-state index is 12.3. The van der Waals surface area contributed by atoms with Gasteiger partial charge in [0.05, 0.1) is 4.90 Å². The van der Waals surface area contributed by atoms with E-state index in [0.29, 0.717) is 0 Å². The summed E-state index contributed by atoms with van der Waals surface area (Å²) in [5.74, 6) is -0.215. The maximum absolute atomic E-state index is 12.3. The van der Waals surface area contributed by atoms with E-state index >= 15 is 0 Å². The van der Waals surface area contributed by atoms with Crippen molar-refractivity contribution in [3.05, 3.63) is 60.2 Å². The van der Waals surface area contributed by atoms with Gasteiger partial charge in [0, 0.05) is 12.1 Å². The second-order valence-electron chi connectivity index (χ2n) is 3.90. The lowest BCUT2D eigenvalue weighted by atomic mass is 10.2. The monoisotopic (exact) mass is 283 g/mol. The molecule has 19 heavy (non-hydrogen) atoms. The number of rotatable bonds is 1. The molecule has 2 aromatic rings. The Hall–Kier alpha value is -1.79. The highest BCUT2D eigenvalue weighted by Crippen LogP contribution is 2.08. The lowest BCUT2D eigenvalue weighted by Gasteiger charge is -2.05. The van der Waals surface area contributed by atoms with Gasteiger partial charge in [-0.25, -0.2) is 8.42 Å². The van der Waals surface area contributed by atoms with Crippen molar-refractivity contribution in [2.24, 2.45) is 7.05 Å². The molecule has 1 heterocycles. The normalized spacial score (nSPS) is 10.5. The predicted molar refractivity (Wildman–Crippen MR) is 66.7 cm³/mol. The van der Waals surface area contributed by atoms with Gasteiger partial charge in [-0.05, 0) is 25.1 Å². The highest BCUT2D eigenvalue weighted by atomic mass is 32.2. The Kier molecular flexibility index (Phi) is 5.14. The van der Waals surface area contributed by atoms with Gasteiger partial charge >= 0.3 is 5.95 Å². The van der Waals surface area contributed by atoms with Crippen LogP contribution in [0.25, 0.3) is 0 Å². The Morgan fingerprint density at radius 2 is 1.68 bits per heavy atom. The van der Waals surface area contributed by atoms with Crippen molar-refractivity contribution in [2.75, 3.05) is 0 Å². The van der Waals surface area contributed by atoms with Gasteiger partial charge in [-0.15, -0.1) is 4.39 Å². The minimum atomic E-state index is -4.27. The minimum absolute atomic E-state index is 0.178. The van der Waals surface area contributed by atoms with Crippen molar-refractivity contribution in [3.63, 3.8) is 0 Å². The van der Waals surface area contributed by atoms with Gasteiger partial charge in [0.25, 0.3) is 0 Å². The first kappa shape index (κ1) is 15.3. The van der Waals surface area contributed by atoms with Crippen molar-refractivity contribution in [3.8, 4) is 0 Å². The van der Waals surface area contributed by atoms with Crippen LogP contribution in [0, 0.1) is 12.9 Å². The molecule has 0 aliphatic carbocycles. The first-order valence-corrected chi connectivity index (χ1v) is 6.84. The summed E-state index contributed by atoms with van der Waals surface area (Å²) < 4.78 is 44.9. The van der Waals surface area contributed by atoms with E-state index in [1.165, 1.54) is 22.8 Å². The van der Waals surface area contributed by atoms with Crippen LogP contribution in [0.4, 0.5) is 4.39 Å². The van der Waals surface area contributed by atoms with Crippen LogP contribution >= 0.6 is 0 Å². The van der Waals surface area contributed by atoms with E-state index in [0.717, 1.165) is 5.56 Å². The number of hydrogen-bond donors (Lipinski definition) is 0. The third-order valence-electron chi connectivity index (χ3n) is 2.30.